The van der Waals surface area contributed by atoms with E-state index in [0.717, 1.165) is 23.7 Å². The molecule has 4 aromatic carbocycles. The van der Waals surface area contributed by atoms with Crippen LogP contribution in [0.15, 0.2) is 97.1 Å². The number of likely N-dealkylation sites (N-methyl/N-ethyl adjacent to an activating group) is 1. The van der Waals surface area contributed by atoms with Crippen LogP contribution >= 0.6 is 0 Å². The lowest BCUT2D eigenvalue weighted by atomic mass is 9.73. The minimum Gasteiger partial charge on any atom is -0.295 e. The number of fused-ring (bicyclic) bond motifs is 11. The van der Waals surface area contributed by atoms with Gasteiger partial charge in [-0.25, -0.2) is 0 Å². The van der Waals surface area contributed by atoms with Gasteiger partial charge in [-0.1, -0.05) is 117 Å². The van der Waals surface area contributed by atoms with Crippen molar-refractivity contribution in [1.29, 1.82) is 0 Å². The number of likely N-dealkylation sites (tertiary alicyclic amines) is 1. The lowest BCUT2D eigenvalue weighted by molar-refractivity contribution is 0.193. The van der Waals surface area contributed by atoms with Crippen molar-refractivity contribution in [2.45, 2.75) is 56.5 Å². The van der Waals surface area contributed by atoms with E-state index in [0.29, 0.717) is 23.9 Å². The second-order valence-corrected chi connectivity index (χ2v) is 13.7. The summed E-state index contributed by atoms with van der Waals surface area (Å²) in [6.45, 7) is 2.52. The largest absolute Gasteiger partial charge is 0.295 e. The van der Waals surface area contributed by atoms with Crippen LogP contribution in [0.2, 0.25) is 0 Å². The van der Waals surface area contributed by atoms with E-state index in [2.05, 4.69) is 122 Å². The van der Waals surface area contributed by atoms with E-state index < -0.39 is 0 Å². The number of nitrogens with zero attached hydrogens (tertiary/aromatic N) is 1. The first kappa shape index (κ1) is 24.2. The fraction of sp³-hybridized carbons (Fsp3) is 0.350. The third kappa shape index (κ3) is 3.58. The van der Waals surface area contributed by atoms with E-state index in [1.165, 1.54) is 69.5 Å². The molecule has 5 aliphatic rings. The Labute approximate surface area is 244 Å². The van der Waals surface area contributed by atoms with Crippen molar-refractivity contribution in [2.75, 3.05) is 7.05 Å². The van der Waals surface area contributed by atoms with Crippen molar-refractivity contribution in [2.24, 2.45) is 23.7 Å². The summed E-state index contributed by atoms with van der Waals surface area (Å²) in [5.74, 6) is 4.18. The zero-order chi connectivity index (χ0) is 27.2. The normalized spacial score (nSPS) is 33.3. The Balaban J connectivity index is 1.15. The molecule has 0 radical (unpaired) electrons. The maximum atomic E-state index is 2.73. The first-order valence-electron chi connectivity index (χ1n) is 16.0. The second-order valence-electron chi connectivity index (χ2n) is 13.7. The highest BCUT2D eigenvalue weighted by Gasteiger charge is 2.51. The Hall–Kier alpha value is -3.42. The molecule has 1 saturated heterocycles. The minimum absolute atomic E-state index is 0.542. The van der Waals surface area contributed by atoms with E-state index in [-0.39, 0.29) is 0 Å². The predicted octanol–water partition coefficient (Wildman–Crippen LogP) is 9.73. The van der Waals surface area contributed by atoms with Crippen LogP contribution in [-0.4, -0.2) is 24.0 Å². The molecule has 8 unspecified atom stereocenters. The molecule has 4 aromatic rings. The van der Waals surface area contributed by atoms with Crippen LogP contribution in [0, 0.1) is 23.7 Å². The van der Waals surface area contributed by atoms with Crippen LogP contribution in [-0.2, 0) is 0 Å². The SMILES string of the molecule is CC1CCCC(c2cccc(-c3ccc4c5c(c6ccccc6c4c3)C3CC3C=C5)c2)C2C1C1C=CC=CC1N2C. The average molecular weight is 534 g/mol. The Kier molecular flexibility index (Phi) is 5.34. The van der Waals surface area contributed by atoms with Crippen molar-refractivity contribution >= 4 is 27.6 Å². The molecular weight excluding hydrogens is 494 g/mol. The third-order valence-corrected chi connectivity index (χ3v) is 11.6. The van der Waals surface area contributed by atoms with Crippen LogP contribution in [0.3, 0.4) is 0 Å². The molecule has 1 nitrogen and oxygen atoms in total. The van der Waals surface area contributed by atoms with E-state index in [1.54, 1.807) is 5.56 Å². The monoisotopic (exact) mass is 533 g/mol. The quantitative estimate of drug-likeness (QED) is 0.232. The Bertz CT molecular complexity index is 1790. The molecule has 0 bridgehead atoms. The Morgan fingerprint density at radius 3 is 2.51 bits per heavy atom. The molecule has 0 spiro atoms. The highest BCUT2D eigenvalue weighted by atomic mass is 15.2. The van der Waals surface area contributed by atoms with Crippen molar-refractivity contribution in [1.82, 2.24) is 4.90 Å². The van der Waals surface area contributed by atoms with Crippen molar-refractivity contribution in [3.8, 4) is 11.1 Å². The number of benzene rings is 4. The van der Waals surface area contributed by atoms with Gasteiger partial charge in [-0.2, -0.15) is 0 Å². The first-order valence-corrected chi connectivity index (χ1v) is 16.0. The van der Waals surface area contributed by atoms with Gasteiger partial charge in [-0.05, 0) is 105 Å². The summed E-state index contributed by atoms with van der Waals surface area (Å²) in [4.78, 5) is 2.73. The number of hydrogen-bond donors (Lipinski definition) is 0. The topological polar surface area (TPSA) is 3.24 Å². The van der Waals surface area contributed by atoms with Gasteiger partial charge >= 0.3 is 0 Å². The summed E-state index contributed by atoms with van der Waals surface area (Å²) in [5, 5.41) is 5.69. The number of hydrogen-bond acceptors (Lipinski definition) is 1. The number of allylic oxidation sites excluding steroid dienone is 3. The fourth-order valence-electron chi connectivity index (χ4n) is 9.66. The molecular formula is C40H39N. The second kappa shape index (κ2) is 9.04. The van der Waals surface area contributed by atoms with Gasteiger partial charge in [0.1, 0.15) is 0 Å². The van der Waals surface area contributed by atoms with Crippen LogP contribution in [0.4, 0.5) is 0 Å². The van der Waals surface area contributed by atoms with E-state index in [4.69, 9.17) is 0 Å². The number of rotatable bonds is 2. The van der Waals surface area contributed by atoms with E-state index in [9.17, 15) is 0 Å². The van der Waals surface area contributed by atoms with Crippen LogP contribution in [0.5, 0.6) is 0 Å². The predicted molar refractivity (Wildman–Crippen MR) is 173 cm³/mol. The van der Waals surface area contributed by atoms with Crippen LogP contribution in [0.25, 0.3) is 38.7 Å². The maximum absolute atomic E-state index is 2.73. The molecule has 9 rings (SSSR count). The lowest BCUT2D eigenvalue weighted by Gasteiger charge is -2.34. The van der Waals surface area contributed by atoms with Gasteiger partial charge in [0.2, 0.25) is 0 Å². The first-order chi connectivity index (χ1) is 20.2. The van der Waals surface area contributed by atoms with E-state index in [1.807, 2.05) is 0 Å². The van der Waals surface area contributed by atoms with Gasteiger partial charge in [0, 0.05) is 18.0 Å². The molecule has 0 N–H and O–H groups in total. The minimum atomic E-state index is 0.542. The summed E-state index contributed by atoms with van der Waals surface area (Å²) in [7, 11) is 2.40. The molecule has 1 heteroatoms. The molecule has 3 fully saturated rings. The molecule has 4 aliphatic carbocycles. The molecule has 2 saturated carbocycles. The summed E-state index contributed by atoms with van der Waals surface area (Å²) in [6, 6.07) is 27.2. The average Bonchev–Trinajstić information content (AvgIpc) is 3.79. The highest BCUT2D eigenvalue weighted by molar-refractivity contribution is 6.14. The third-order valence-electron chi connectivity index (χ3n) is 11.6. The van der Waals surface area contributed by atoms with Gasteiger partial charge in [0.05, 0.1) is 0 Å². The molecule has 0 amide bonds. The fourth-order valence-corrected chi connectivity index (χ4v) is 9.66. The van der Waals surface area contributed by atoms with Gasteiger partial charge in [0.15, 0.2) is 0 Å². The van der Waals surface area contributed by atoms with Crippen molar-refractivity contribution in [3.63, 3.8) is 0 Å². The summed E-state index contributed by atoms with van der Waals surface area (Å²) >= 11 is 0. The molecule has 204 valence electrons. The van der Waals surface area contributed by atoms with Crippen molar-refractivity contribution in [3.05, 3.63) is 114 Å². The zero-order valence-corrected chi connectivity index (χ0v) is 24.2. The van der Waals surface area contributed by atoms with Crippen LogP contribution < -0.4 is 0 Å². The van der Waals surface area contributed by atoms with Gasteiger partial charge in [-0.3, -0.25) is 4.90 Å². The van der Waals surface area contributed by atoms with E-state index >= 15 is 0 Å². The molecule has 0 aromatic heterocycles. The van der Waals surface area contributed by atoms with Gasteiger partial charge < -0.3 is 0 Å². The molecule has 1 heterocycles. The molecule has 1 aliphatic heterocycles. The molecule has 41 heavy (non-hydrogen) atoms. The van der Waals surface area contributed by atoms with Crippen LogP contribution in [0.1, 0.15) is 61.1 Å². The standard InChI is InChI=1S/C40H39N/c1-24-9-7-15-29(40-38(24)34-14-5-6-16-37(34)41(40)2)27-11-8-10-25(21-27)26-17-19-31-33-20-18-28-23-35(28)39(33)32-13-4-3-12-30(32)36(31)22-26/h3-6,8,10-14,16-22,24,28-29,34-35,37-38,40H,7,9,15,23H2,1-2H3. The zero-order valence-electron chi connectivity index (χ0n) is 24.2. The molecule has 8 atom stereocenters. The van der Waals surface area contributed by atoms with Gasteiger partial charge in [-0.15, -0.1) is 0 Å². The Morgan fingerprint density at radius 1 is 0.732 bits per heavy atom. The summed E-state index contributed by atoms with van der Waals surface area (Å²) in [6.07, 6.45) is 19.7. The van der Waals surface area contributed by atoms with Crippen molar-refractivity contribution < 1.29 is 0 Å². The Morgan fingerprint density at radius 2 is 1.59 bits per heavy atom. The lowest BCUT2D eigenvalue weighted by Crippen LogP contribution is -2.38. The summed E-state index contributed by atoms with van der Waals surface area (Å²) in [5.41, 5.74) is 7.29. The summed E-state index contributed by atoms with van der Waals surface area (Å²) < 4.78 is 0. The highest BCUT2D eigenvalue weighted by Crippen LogP contribution is 2.56. The maximum Gasteiger partial charge on any atom is 0.0347 e. The van der Waals surface area contributed by atoms with Gasteiger partial charge in [0.25, 0.3) is 0 Å². The smallest absolute Gasteiger partial charge is 0.0347 e.